The molecule has 1 heterocycles. The summed E-state index contributed by atoms with van der Waals surface area (Å²) in [6, 6.07) is 11.7. The third kappa shape index (κ3) is 5.73. The molecule has 3 rings (SSSR count). The van der Waals surface area contributed by atoms with Gasteiger partial charge in [0.1, 0.15) is 0 Å². The number of piperazine rings is 1. The van der Waals surface area contributed by atoms with Crippen LogP contribution in [0.3, 0.4) is 0 Å². The third-order valence-corrected chi connectivity index (χ3v) is 5.14. The lowest BCUT2D eigenvalue weighted by Gasteiger charge is -2.35. The predicted octanol–water partition coefficient (Wildman–Crippen LogP) is 3.81. The SMILES string of the molecule is O=C(Cc1ccc(Cl)cc1)N1CCN(C(=O)Cc2ccc(C(F)(F)F)cc2)CC1. The first-order valence-electron chi connectivity index (χ1n) is 9.18. The van der Waals surface area contributed by atoms with Gasteiger partial charge in [-0.15, -0.1) is 0 Å². The number of hydrogen-bond acceptors (Lipinski definition) is 2. The van der Waals surface area contributed by atoms with Crippen LogP contribution in [0.5, 0.6) is 0 Å². The number of carbonyl (C=O) groups excluding carboxylic acids is 2. The van der Waals surface area contributed by atoms with Crippen LogP contribution in [0.4, 0.5) is 13.2 Å². The molecule has 0 bridgehead atoms. The van der Waals surface area contributed by atoms with Crippen LogP contribution >= 0.6 is 11.6 Å². The molecular weight excluding hydrogens is 405 g/mol. The zero-order valence-corrected chi connectivity index (χ0v) is 16.3. The quantitative estimate of drug-likeness (QED) is 0.748. The molecule has 1 aliphatic rings. The molecule has 8 heteroatoms. The number of amides is 2. The first-order valence-corrected chi connectivity index (χ1v) is 9.56. The van der Waals surface area contributed by atoms with Crippen molar-refractivity contribution in [3.63, 3.8) is 0 Å². The average molecular weight is 425 g/mol. The van der Waals surface area contributed by atoms with Crippen molar-refractivity contribution in [3.05, 3.63) is 70.2 Å². The molecule has 0 aromatic heterocycles. The van der Waals surface area contributed by atoms with E-state index in [0.29, 0.717) is 36.8 Å². The number of alkyl halides is 3. The van der Waals surface area contributed by atoms with Crippen molar-refractivity contribution in [2.45, 2.75) is 19.0 Å². The average Bonchev–Trinajstić information content (AvgIpc) is 2.69. The van der Waals surface area contributed by atoms with Gasteiger partial charge in [-0.2, -0.15) is 13.2 Å². The summed E-state index contributed by atoms with van der Waals surface area (Å²) in [7, 11) is 0. The fourth-order valence-corrected chi connectivity index (χ4v) is 3.32. The first kappa shape index (κ1) is 21.2. The first-order chi connectivity index (χ1) is 13.7. The maximum Gasteiger partial charge on any atom is 0.416 e. The van der Waals surface area contributed by atoms with Gasteiger partial charge in [0.25, 0.3) is 0 Å². The van der Waals surface area contributed by atoms with E-state index in [9.17, 15) is 22.8 Å². The lowest BCUT2D eigenvalue weighted by Crippen LogP contribution is -2.51. The summed E-state index contributed by atoms with van der Waals surface area (Å²) in [6.07, 6.45) is -4.08. The van der Waals surface area contributed by atoms with E-state index in [1.165, 1.54) is 12.1 Å². The van der Waals surface area contributed by atoms with Crippen LogP contribution in [-0.4, -0.2) is 47.8 Å². The van der Waals surface area contributed by atoms with E-state index < -0.39 is 11.7 Å². The van der Waals surface area contributed by atoms with E-state index >= 15 is 0 Å². The molecule has 1 aliphatic heterocycles. The Morgan fingerprint density at radius 2 is 1.14 bits per heavy atom. The maximum absolute atomic E-state index is 12.6. The van der Waals surface area contributed by atoms with Crippen molar-refractivity contribution in [2.75, 3.05) is 26.2 Å². The largest absolute Gasteiger partial charge is 0.416 e. The monoisotopic (exact) mass is 424 g/mol. The van der Waals surface area contributed by atoms with Crippen LogP contribution in [0.15, 0.2) is 48.5 Å². The fraction of sp³-hybridized carbons (Fsp3) is 0.333. The van der Waals surface area contributed by atoms with Crippen LogP contribution < -0.4 is 0 Å². The van der Waals surface area contributed by atoms with Crippen LogP contribution in [0.1, 0.15) is 16.7 Å². The van der Waals surface area contributed by atoms with Gasteiger partial charge in [0.15, 0.2) is 0 Å². The van der Waals surface area contributed by atoms with Gasteiger partial charge in [-0.1, -0.05) is 35.9 Å². The summed E-state index contributed by atoms with van der Waals surface area (Å²) < 4.78 is 37.9. The molecule has 1 fully saturated rings. The van der Waals surface area contributed by atoms with Gasteiger partial charge in [-0.05, 0) is 35.4 Å². The van der Waals surface area contributed by atoms with E-state index in [4.69, 9.17) is 11.6 Å². The van der Waals surface area contributed by atoms with E-state index in [2.05, 4.69) is 0 Å². The summed E-state index contributed by atoms with van der Waals surface area (Å²) in [5.74, 6) is -0.170. The molecule has 29 heavy (non-hydrogen) atoms. The van der Waals surface area contributed by atoms with Crippen molar-refractivity contribution in [3.8, 4) is 0 Å². The smallest absolute Gasteiger partial charge is 0.339 e. The van der Waals surface area contributed by atoms with Gasteiger partial charge in [-0.3, -0.25) is 9.59 Å². The number of halogens is 4. The molecule has 2 aromatic carbocycles. The van der Waals surface area contributed by atoms with Gasteiger partial charge in [0.2, 0.25) is 11.8 Å². The second kappa shape index (κ2) is 8.86. The summed E-state index contributed by atoms with van der Waals surface area (Å²) >= 11 is 5.85. The summed E-state index contributed by atoms with van der Waals surface area (Å²) in [5.41, 5.74) is 0.672. The Hall–Kier alpha value is -2.54. The maximum atomic E-state index is 12.6. The van der Waals surface area contributed by atoms with Gasteiger partial charge in [0.05, 0.1) is 18.4 Å². The summed E-state index contributed by atoms with van der Waals surface area (Å²) in [6.45, 7) is 1.69. The topological polar surface area (TPSA) is 40.6 Å². The molecule has 0 aliphatic carbocycles. The molecular formula is C21H20ClF3N2O2. The molecule has 1 saturated heterocycles. The molecule has 0 radical (unpaired) electrons. The lowest BCUT2D eigenvalue weighted by atomic mass is 10.1. The highest BCUT2D eigenvalue weighted by Gasteiger charge is 2.30. The van der Waals surface area contributed by atoms with Crippen LogP contribution in [0.25, 0.3) is 0 Å². The van der Waals surface area contributed by atoms with Gasteiger partial charge >= 0.3 is 6.18 Å². The minimum atomic E-state index is -4.39. The van der Waals surface area contributed by atoms with Crippen LogP contribution in [0, 0.1) is 0 Å². The number of hydrogen-bond donors (Lipinski definition) is 0. The Kier molecular flexibility index (Phi) is 6.47. The molecule has 2 aromatic rings. The highest BCUT2D eigenvalue weighted by Crippen LogP contribution is 2.29. The van der Waals surface area contributed by atoms with E-state index in [-0.39, 0.29) is 24.7 Å². The molecule has 4 nitrogen and oxygen atoms in total. The van der Waals surface area contributed by atoms with Crippen molar-refractivity contribution < 1.29 is 22.8 Å². The Morgan fingerprint density at radius 3 is 1.52 bits per heavy atom. The van der Waals surface area contributed by atoms with Gasteiger partial charge < -0.3 is 9.80 Å². The minimum Gasteiger partial charge on any atom is -0.339 e. The Morgan fingerprint density at radius 1 is 0.759 bits per heavy atom. The van der Waals surface area contributed by atoms with E-state index in [1.54, 1.807) is 21.9 Å². The third-order valence-electron chi connectivity index (χ3n) is 4.89. The predicted molar refractivity (Wildman–Crippen MR) is 103 cm³/mol. The standard InChI is InChI=1S/C21H20ClF3N2O2/c22-18-7-3-16(4-8-18)14-20(29)27-11-9-26(10-12-27)19(28)13-15-1-5-17(6-2-15)21(23,24)25/h1-8H,9-14H2. The molecule has 0 N–H and O–H groups in total. The zero-order valence-electron chi connectivity index (χ0n) is 15.6. The Bertz CT molecular complexity index is 859. The molecule has 0 unspecified atom stereocenters. The van der Waals surface area contributed by atoms with Gasteiger partial charge in [0, 0.05) is 31.2 Å². The summed E-state index contributed by atoms with van der Waals surface area (Å²) in [5, 5.41) is 0.612. The molecule has 2 amide bonds. The van der Waals surface area contributed by atoms with Crippen molar-refractivity contribution in [1.29, 1.82) is 0 Å². The molecule has 0 spiro atoms. The normalized spacial score (nSPS) is 14.8. The zero-order chi connectivity index (χ0) is 21.0. The second-order valence-electron chi connectivity index (χ2n) is 6.94. The van der Waals surface area contributed by atoms with Gasteiger partial charge in [-0.25, -0.2) is 0 Å². The van der Waals surface area contributed by atoms with Crippen molar-refractivity contribution >= 4 is 23.4 Å². The fourth-order valence-electron chi connectivity index (χ4n) is 3.19. The second-order valence-corrected chi connectivity index (χ2v) is 7.37. The molecule has 154 valence electrons. The van der Waals surface area contributed by atoms with Crippen molar-refractivity contribution in [2.24, 2.45) is 0 Å². The van der Waals surface area contributed by atoms with Crippen molar-refractivity contribution in [1.82, 2.24) is 9.80 Å². The highest BCUT2D eigenvalue weighted by molar-refractivity contribution is 6.30. The Labute approximate surface area is 171 Å². The number of benzene rings is 2. The van der Waals surface area contributed by atoms with E-state index in [0.717, 1.165) is 17.7 Å². The number of nitrogens with zero attached hydrogens (tertiary/aromatic N) is 2. The molecule has 0 saturated carbocycles. The Balaban J connectivity index is 1.49. The van der Waals surface area contributed by atoms with Crippen LogP contribution in [0.2, 0.25) is 5.02 Å². The van der Waals surface area contributed by atoms with E-state index in [1.807, 2.05) is 12.1 Å². The number of carbonyl (C=O) groups is 2. The highest BCUT2D eigenvalue weighted by atomic mass is 35.5. The lowest BCUT2D eigenvalue weighted by molar-refractivity contribution is -0.138. The molecule has 0 atom stereocenters. The van der Waals surface area contributed by atoms with Crippen LogP contribution in [-0.2, 0) is 28.6 Å². The minimum absolute atomic E-state index is 0.0119. The number of rotatable bonds is 4. The summed E-state index contributed by atoms with van der Waals surface area (Å²) in [4.78, 5) is 28.2.